The van der Waals surface area contributed by atoms with Gasteiger partial charge < -0.3 is 14.6 Å². The number of esters is 1. The maximum absolute atomic E-state index is 11.3. The van der Waals surface area contributed by atoms with Crippen LogP contribution in [0.2, 0.25) is 0 Å². The predicted octanol–water partition coefficient (Wildman–Crippen LogP) is 1.77. The van der Waals surface area contributed by atoms with Crippen molar-refractivity contribution in [3.63, 3.8) is 0 Å². The number of fused-ring (bicyclic) bond motifs is 1. The Morgan fingerprint density at radius 1 is 1.50 bits per heavy atom. The van der Waals surface area contributed by atoms with Crippen LogP contribution in [0.15, 0.2) is 18.2 Å². The molecule has 0 bridgehead atoms. The van der Waals surface area contributed by atoms with Crippen molar-refractivity contribution in [1.29, 1.82) is 0 Å². The van der Waals surface area contributed by atoms with Crippen LogP contribution in [0.25, 0.3) is 0 Å². The molecule has 2 rings (SSSR count). The van der Waals surface area contributed by atoms with Crippen LogP contribution in [-0.2, 0) is 16.1 Å². The molecule has 1 aliphatic rings. The molecule has 0 radical (unpaired) electrons. The summed E-state index contributed by atoms with van der Waals surface area (Å²) >= 11 is 0. The average Bonchev–Trinajstić information content (AvgIpc) is 2.52. The summed E-state index contributed by atoms with van der Waals surface area (Å²) in [5.41, 5.74) is 1.86. The highest BCUT2D eigenvalue weighted by atomic mass is 16.6. The SMILES string of the molecule is CC(C)OCc1ccc2c(c1)C(=O)OC2O. The fourth-order valence-electron chi connectivity index (χ4n) is 1.58. The molecule has 1 heterocycles. The Bertz CT molecular complexity index is 411. The van der Waals surface area contributed by atoms with Gasteiger partial charge in [0.1, 0.15) is 0 Å². The monoisotopic (exact) mass is 222 g/mol. The molecule has 4 nitrogen and oxygen atoms in total. The Labute approximate surface area is 93.8 Å². The summed E-state index contributed by atoms with van der Waals surface area (Å²) in [4.78, 5) is 11.3. The van der Waals surface area contributed by atoms with E-state index < -0.39 is 12.3 Å². The van der Waals surface area contributed by atoms with Gasteiger partial charge in [-0.05, 0) is 25.5 Å². The molecular weight excluding hydrogens is 208 g/mol. The van der Waals surface area contributed by atoms with E-state index in [-0.39, 0.29) is 6.10 Å². The number of carbonyl (C=O) groups excluding carboxylic acids is 1. The Morgan fingerprint density at radius 2 is 2.25 bits per heavy atom. The van der Waals surface area contributed by atoms with Crippen LogP contribution < -0.4 is 0 Å². The third-order valence-electron chi connectivity index (χ3n) is 2.41. The maximum Gasteiger partial charge on any atom is 0.341 e. The number of cyclic esters (lactones) is 1. The molecule has 16 heavy (non-hydrogen) atoms. The Hall–Kier alpha value is -1.39. The Balaban J connectivity index is 2.20. The first-order chi connectivity index (χ1) is 7.58. The number of ether oxygens (including phenoxy) is 2. The zero-order chi connectivity index (χ0) is 11.7. The lowest BCUT2D eigenvalue weighted by atomic mass is 10.1. The minimum Gasteiger partial charge on any atom is -0.428 e. The Kier molecular flexibility index (Phi) is 2.94. The van der Waals surface area contributed by atoms with E-state index in [2.05, 4.69) is 4.74 Å². The van der Waals surface area contributed by atoms with Crippen molar-refractivity contribution in [3.05, 3.63) is 34.9 Å². The van der Waals surface area contributed by atoms with Crippen molar-refractivity contribution < 1.29 is 19.4 Å². The van der Waals surface area contributed by atoms with E-state index in [9.17, 15) is 9.90 Å². The first-order valence-corrected chi connectivity index (χ1v) is 5.21. The Morgan fingerprint density at radius 3 is 2.94 bits per heavy atom. The van der Waals surface area contributed by atoms with E-state index in [4.69, 9.17) is 4.74 Å². The molecule has 0 saturated heterocycles. The molecule has 1 N–H and O–H groups in total. The van der Waals surface area contributed by atoms with Gasteiger partial charge in [-0.2, -0.15) is 0 Å². The minimum atomic E-state index is -1.12. The van der Waals surface area contributed by atoms with E-state index >= 15 is 0 Å². The van der Waals surface area contributed by atoms with Gasteiger partial charge in [-0.1, -0.05) is 12.1 Å². The molecule has 0 fully saturated rings. The molecule has 1 unspecified atom stereocenters. The van der Waals surface area contributed by atoms with E-state index in [1.165, 1.54) is 0 Å². The molecule has 0 spiro atoms. The lowest BCUT2D eigenvalue weighted by molar-refractivity contribution is -0.0547. The van der Waals surface area contributed by atoms with Crippen LogP contribution in [0, 0.1) is 0 Å². The number of carbonyl (C=O) groups is 1. The molecule has 4 heteroatoms. The van der Waals surface area contributed by atoms with E-state index in [1.807, 2.05) is 19.9 Å². The van der Waals surface area contributed by atoms with Crippen molar-refractivity contribution in [2.45, 2.75) is 32.8 Å². The topological polar surface area (TPSA) is 55.8 Å². The highest BCUT2D eigenvalue weighted by molar-refractivity contribution is 5.93. The van der Waals surface area contributed by atoms with Crippen molar-refractivity contribution >= 4 is 5.97 Å². The van der Waals surface area contributed by atoms with Gasteiger partial charge in [-0.15, -0.1) is 0 Å². The molecule has 1 aromatic rings. The molecule has 86 valence electrons. The standard InChI is InChI=1S/C12H14O4/c1-7(2)15-6-8-3-4-9-10(5-8)12(14)16-11(9)13/h3-5,7,11,13H,6H2,1-2H3. The fraction of sp³-hybridized carbons (Fsp3) is 0.417. The molecule has 0 amide bonds. The second-order valence-corrected chi connectivity index (χ2v) is 4.04. The van der Waals surface area contributed by atoms with Gasteiger partial charge in [0.05, 0.1) is 18.3 Å². The average molecular weight is 222 g/mol. The summed E-state index contributed by atoms with van der Waals surface area (Å²) in [7, 11) is 0. The molecule has 0 aliphatic carbocycles. The maximum atomic E-state index is 11.3. The van der Waals surface area contributed by atoms with E-state index in [1.54, 1.807) is 12.1 Å². The number of aliphatic hydroxyl groups excluding tert-OH is 1. The summed E-state index contributed by atoms with van der Waals surface area (Å²) in [6.07, 6.45) is -0.978. The molecule has 1 atom stereocenters. The summed E-state index contributed by atoms with van der Waals surface area (Å²) in [5.74, 6) is -0.478. The number of hydrogen-bond acceptors (Lipinski definition) is 4. The van der Waals surface area contributed by atoms with Crippen molar-refractivity contribution in [3.8, 4) is 0 Å². The van der Waals surface area contributed by atoms with E-state index in [0.717, 1.165) is 5.56 Å². The minimum absolute atomic E-state index is 0.144. The number of benzene rings is 1. The van der Waals surface area contributed by atoms with Crippen LogP contribution in [-0.4, -0.2) is 17.2 Å². The zero-order valence-electron chi connectivity index (χ0n) is 9.27. The van der Waals surface area contributed by atoms with Crippen LogP contribution in [0.5, 0.6) is 0 Å². The van der Waals surface area contributed by atoms with Crippen molar-refractivity contribution in [1.82, 2.24) is 0 Å². The molecular formula is C12H14O4. The quantitative estimate of drug-likeness (QED) is 0.792. The fourth-order valence-corrected chi connectivity index (χ4v) is 1.58. The zero-order valence-corrected chi connectivity index (χ0v) is 9.27. The van der Waals surface area contributed by atoms with Crippen LogP contribution in [0.1, 0.15) is 41.6 Å². The van der Waals surface area contributed by atoms with E-state index in [0.29, 0.717) is 17.7 Å². The summed E-state index contributed by atoms with van der Waals surface area (Å²) in [6.45, 7) is 4.35. The molecule has 1 aromatic carbocycles. The third kappa shape index (κ3) is 2.08. The van der Waals surface area contributed by atoms with Gasteiger partial charge in [0, 0.05) is 5.56 Å². The van der Waals surface area contributed by atoms with Crippen LogP contribution in [0.3, 0.4) is 0 Å². The van der Waals surface area contributed by atoms with Gasteiger partial charge in [0.2, 0.25) is 6.29 Å². The predicted molar refractivity (Wildman–Crippen MR) is 56.7 cm³/mol. The van der Waals surface area contributed by atoms with Gasteiger partial charge >= 0.3 is 5.97 Å². The number of aliphatic hydroxyl groups is 1. The summed E-state index contributed by atoms with van der Waals surface area (Å²) in [6, 6.07) is 5.23. The lowest BCUT2D eigenvalue weighted by Gasteiger charge is -2.08. The molecule has 1 aliphatic heterocycles. The van der Waals surface area contributed by atoms with Gasteiger partial charge in [0.25, 0.3) is 0 Å². The van der Waals surface area contributed by atoms with Gasteiger partial charge in [-0.3, -0.25) is 0 Å². The number of rotatable bonds is 3. The molecule has 0 saturated carbocycles. The van der Waals surface area contributed by atoms with Crippen molar-refractivity contribution in [2.75, 3.05) is 0 Å². The largest absolute Gasteiger partial charge is 0.428 e. The summed E-state index contributed by atoms with van der Waals surface area (Å²) in [5, 5.41) is 9.39. The second-order valence-electron chi connectivity index (χ2n) is 4.04. The van der Waals surface area contributed by atoms with Crippen molar-refractivity contribution in [2.24, 2.45) is 0 Å². The smallest absolute Gasteiger partial charge is 0.341 e. The highest BCUT2D eigenvalue weighted by Crippen LogP contribution is 2.29. The first kappa shape index (κ1) is 11.1. The molecule has 0 aromatic heterocycles. The highest BCUT2D eigenvalue weighted by Gasteiger charge is 2.29. The first-order valence-electron chi connectivity index (χ1n) is 5.21. The second kappa shape index (κ2) is 4.23. The normalized spacial score (nSPS) is 18.8. The summed E-state index contributed by atoms with van der Waals surface area (Å²) < 4.78 is 10.1. The number of hydrogen-bond donors (Lipinski definition) is 1. The van der Waals surface area contributed by atoms with Crippen LogP contribution >= 0.6 is 0 Å². The van der Waals surface area contributed by atoms with Gasteiger partial charge in [0.15, 0.2) is 0 Å². The van der Waals surface area contributed by atoms with Crippen LogP contribution in [0.4, 0.5) is 0 Å². The van der Waals surface area contributed by atoms with Gasteiger partial charge in [-0.25, -0.2) is 4.79 Å². The third-order valence-corrected chi connectivity index (χ3v) is 2.41. The lowest BCUT2D eigenvalue weighted by Crippen LogP contribution is -2.03.